The first-order valence-electron chi connectivity index (χ1n) is 5.97. The Morgan fingerprint density at radius 3 is 3.06 bits per heavy atom. The number of aromatic nitrogens is 4. The van der Waals surface area contributed by atoms with Crippen LogP contribution in [-0.2, 0) is 11.3 Å². The summed E-state index contributed by atoms with van der Waals surface area (Å²) in [6, 6.07) is 0. The minimum absolute atomic E-state index is 0.0372. The van der Waals surface area contributed by atoms with Crippen LogP contribution < -0.4 is 11.4 Å². The smallest absolute Gasteiger partial charge is 0.350 e. The molecule has 0 bridgehead atoms. The fourth-order valence-corrected chi connectivity index (χ4v) is 1.80. The number of aryl methyl sites for hydroxylation is 1. The topological polar surface area (TPSA) is 87.4 Å². The quantitative estimate of drug-likeness (QED) is 0.758. The first-order valence-corrected chi connectivity index (χ1v) is 5.97. The number of ether oxygens (including phenoxy) is 1. The van der Waals surface area contributed by atoms with Gasteiger partial charge in [0, 0.05) is 32.1 Å². The zero-order valence-electron chi connectivity index (χ0n) is 10.3. The molecule has 1 unspecified atom stereocenters. The van der Waals surface area contributed by atoms with Gasteiger partial charge >= 0.3 is 5.69 Å². The Morgan fingerprint density at radius 2 is 2.39 bits per heavy atom. The number of nitrogens with zero attached hydrogens (tertiary/aromatic N) is 4. The van der Waals surface area contributed by atoms with Crippen LogP contribution >= 0.6 is 0 Å². The third-order valence-corrected chi connectivity index (χ3v) is 2.72. The van der Waals surface area contributed by atoms with Gasteiger partial charge in [0.2, 0.25) is 0 Å². The summed E-state index contributed by atoms with van der Waals surface area (Å²) < 4.78 is 8.32. The molecule has 2 rings (SSSR count). The van der Waals surface area contributed by atoms with E-state index in [0.29, 0.717) is 31.8 Å². The Kier molecular flexibility index (Phi) is 4.06. The molecule has 2 heterocycles. The lowest BCUT2D eigenvalue weighted by molar-refractivity contribution is 0.0590. The van der Waals surface area contributed by atoms with Gasteiger partial charge in [-0.15, -0.1) is 5.10 Å². The Hall–Kier alpha value is -1.73. The van der Waals surface area contributed by atoms with E-state index in [-0.39, 0.29) is 11.8 Å². The van der Waals surface area contributed by atoms with Crippen molar-refractivity contribution in [1.82, 2.24) is 19.2 Å². The van der Waals surface area contributed by atoms with E-state index in [4.69, 9.17) is 10.5 Å². The second-order valence-corrected chi connectivity index (χ2v) is 3.91. The molecule has 2 aromatic rings. The minimum atomic E-state index is -0.167. The Morgan fingerprint density at radius 1 is 1.56 bits per heavy atom. The molecule has 7 heteroatoms. The van der Waals surface area contributed by atoms with Crippen LogP contribution in [0.15, 0.2) is 23.4 Å². The molecule has 1 atom stereocenters. The molecule has 2 N–H and O–H groups in total. The number of nitrogens with two attached hydrogens (primary N) is 1. The lowest BCUT2D eigenvalue weighted by Crippen LogP contribution is -2.28. The van der Waals surface area contributed by atoms with Crippen molar-refractivity contribution in [1.29, 1.82) is 0 Å². The molecule has 0 aromatic carbocycles. The average Bonchev–Trinajstić information content (AvgIpc) is 2.72. The maximum absolute atomic E-state index is 12.0. The van der Waals surface area contributed by atoms with Crippen molar-refractivity contribution in [3.8, 4) is 0 Å². The summed E-state index contributed by atoms with van der Waals surface area (Å²) in [5.41, 5.74) is 5.97. The first kappa shape index (κ1) is 12.7. The summed E-state index contributed by atoms with van der Waals surface area (Å²) in [6.45, 7) is 3.47. The van der Waals surface area contributed by atoms with E-state index in [1.54, 1.807) is 18.6 Å². The molecule has 0 saturated carbocycles. The normalized spacial score (nSPS) is 13.0. The summed E-state index contributed by atoms with van der Waals surface area (Å²) in [7, 11) is 0. The molecular weight excluding hydrogens is 234 g/mol. The maximum atomic E-state index is 12.0. The van der Waals surface area contributed by atoms with E-state index in [2.05, 4.69) is 10.1 Å². The van der Waals surface area contributed by atoms with Crippen LogP contribution in [0.5, 0.6) is 0 Å². The number of hydrogen-bond donors (Lipinski definition) is 1. The van der Waals surface area contributed by atoms with Crippen LogP contribution in [0.25, 0.3) is 5.65 Å². The van der Waals surface area contributed by atoms with Gasteiger partial charge in [0.05, 0.1) is 12.3 Å². The highest BCUT2D eigenvalue weighted by molar-refractivity contribution is 5.31. The molecule has 0 saturated heterocycles. The Bertz CT molecular complexity index is 562. The average molecular weight is 251 g/mol. The van der Waals surface area contributed by atoms with Crippen molar-refractivity contribution >= 4 is 5.65 Å². The Labute approximate surface area is 104 Å². The highest BCUT2D eigenvalue weighted by Crippen LogP contribution is 1.99. The van der Waals surface area contributed by atoms with E-state index < -0.39 is 0 Å². The van der Waals surface area contributed by atoms with Gasteiger partial charge in [-0.2, -0.15) is 0 Å². The monoisotopic (exact) mass is 251 g/mol. The van der Waals surface area contributed by atoms with E-state index >= 15 is 0 Å². The lowest BCUT2D eigenvalue weighted by Gasteiger charge is -2.13. The number of fused-ring (bicyclic) bond motifs is 1. The van der Waals surface area contributed by atoms with Crippen LogP contribution in [0.4, 0.5) is 0 Å². The van der Waals surface area contributed by atoms with E-state index in [1.807, 2.05) is 6.92 Å². The summed E-state index contributed by atoms with van der Waals surface area (Å²) in [4.78, 5) is 15.9. The van der Waals surface area contributed by atoms with Crippen LogP contribution in [0, 0.1) is 0 Å². The second kappa shape index (κ2) is 5.74. The molecule has 0 aliphatic carbocycles. The van der Waals surface area contributed by atoms with Crippen LogP contribution in [-0.4, -0.2) is 38.4 Å². The molecule has 7 nitrogen and oxygen atoms in total. The van der Waals surface area contributed by atoms with Gasteiger partial charge in [0.1, 0.15) is 0 Å². The highest BCUT2D eigenvalue weighted by atomic mass is 16.5. The summed E-state index contributed by atoms with van der Waals surface area (Å²) in [5.74, 6) is 0. The van der Waals surface area contributed by atoms with Crippen LogP contribution in [0.1, 0.15) is 13.3 Å². The molecule has 0 aliphatic heterocycles. The molecule has 0 aliphatic rings. The van der Waals surface area contributed by atoms with Gasteiger partial charge in [-0.05, 0) is 13.3 Å². The van der Waals surface area contributed by atoms with E-state index in [1.165, 1.54) is 9.08 Å². The van der Waals surface area contributed by atoms with Crippen molar-refractivity contribution < 1.29 is 4.74 Å². The molecule has 0 radical (unpaired) electrons. The lowest BCUT2D eigenvalue weighted by atomic mass is 10.2. The van der Waals surface area contributed by atoms with Crippen molar-refractivity contribution in [2.75, 3.05) is 13.2 Å². The zero-order chi connectivity index (χ0) is 13.0. The largest absolute Gasteiger partial charge is 0.377 e. The molecule has 18 heavy (non-hydrogen) atoms. The van der Waals surface area contributed by atoms with Crippen molar-refractivity contribution in [3.63, 3.8) is 0 Å². The third-order valence-electron chi connectivity index (χ3n) is 2.72. The van der Waals surface area contributed by atoms with E-state index in [0.717, 1.165) is 0 Å². The van der Waals surface area contributed by atoms with Gasteiger partial charge in [-0.25, -0.2) is 13.9 Å². The molecule has 0 spiro atoms. The number of hydrogen-bond acceptors (Lipinski definition) is 5. The first-order chi connectivity index (χ1) is 8.76. The zero-order valence-corrected chi connectivity index (χ0v) is 10.3. The number of rotatable bonds is 6. The predicted octanol–water partition coefficient (Wildman–Crippen LogP) is -0.355. The maximum Gasteiger partial charge on any atom is 0.350 e. The summed E-state index contributed by atoms with van der Waals surface area (Å²) >= 11 is 0. The molecule has 0 amide bonds. The summed E-state index contributed by atoms with van der Waals surface area (Å²) in [6.07, 6.45) is 5.35. The van der Waals surface area contributed by atoms with Crippen molar-refractivity contribution in [3.05, 3.63) is 29.1 Å². The fraction of sp³-hybridized carbons (Fsp3) is 0.545. The summed E-state index contributed by atoms with van der Waals surface area (Å²) in [5, 5.41) is 4.19. The third kappa shape index (κ3) is 2.57. The van der Waals surface area contributed by atoms with Crippen LogP contribution in [0.3, 0.4) is 0 Å². The fourth-order valence-electron chi connectivity index (χ4n) is 1.80. The molecule has 0 fully saturated rings. The van der Waals surface area contributed by atoms with Crippen molar-refractivity contribution in [2.24, 2.45) is 5.73 Å². The van der Waals surface area contributed by atoms with Gasteiger partial charge < -0.3 is 10.5 Å². The predicted molar refractivity (Wildman–Crippen MR) is 66.3 cm³/mol. The molecular formula is C11H17N5O2. The van der Waals surface area contributed by atoms with E-state index in [9.17, 15) is 4.79 Å². The minimum Gasteiger partial charge on any atom is -0.377 e. The molecule has 98 valence electrons. The Balaban J connectivity index is 2.12. The molecule has 2 aromatic heterocycles. The second-order valence-electron chi connectivity index (χ2n) is 3.91. The standard InChI is InChI=1S/C11H17N5O2/c1-2-18-9(7-12)3-5-16-11(17)15-6-4-13-8-10(15)14-16/h4,6,8-9H,2-3,5,7,12H2,1H3. The highest BCUT2D eigenvalue weighted by Gasteiger charge is 2.10. The van der Waals surface area contributed by atoms with Gasteiger partial charge in [0.25, 0.3) is 0 Å². The van der Waals surface area contributed by atoms with Gasteiger partial charge in [0.15, 0.2) is 5.65 Å². The SMILES string of the molecule is CCOC(CN)CCn1nc2cnccn2c1=O. The van der Waals surface area contributed by atoms with Crippen molar-refractivity contribution in [2.45, 2.75) is 26.0 Å². The van der Waals surface area contributed by atoms with Gasteiger partial charge in [-0.3, -0.25) is 4.98 Å². The van der Waals surface area contributed by atoms with Crippen LogP contribution in [0.2, 0.25) is 0 Å². The van der Waals surface area contributed by atoms with Gasteiger partial charge in [-0.1, -0.05) is 0 Å².